The lowest BCUT2D eigenvalue weighted by Crippen LogP contribution is -2.38. The molecule has 0 radical (unpaired) electrons. The Morgan fingerprint density at radius 2 is 2.04 bits per heavy atom. The topological polar surface area (TPSA) is 42.7 Å². The number of hydrogen-bond acceptors (Lipinski definition) is 3. The maximum atomic E-state index is 12.5. The molecule has 0 bridgehead atoms. The van der Waals surface area contributed by atoms with E-state index in [1.807, 2.05) is 23.1 Å². The molecule has 0 N–H and O–H groups in total. The van der Waals surface area contributed by atoms with Crippen LogP contribution in [0.5, 0.6) is 5.75 Å². The molecule has 1 fully saturated rings. The van der Waals surface area contributed by atoms with E-state index in [1.54, 1.807) is 6.07 Å². The number of aryl methyl sites for hydroxylation is 1. The van der Waals surface area contributed by atoms with Crippen molar-refractivity contribution in [2.75, 3.05) is 13.1 Å². The van der Waals surface area contributed by atoms with E-state index in [2.05, 4.69) is 26.0 Å². The Bertz CT molecular complexity index is 674. The molecule has 1 aromatic heterocycles. The fourth-order valence-corrected chi connectivity index (χ4v) is 3.08. The minimum atomic E-state index is -0.0138. The van der Waals surface area contributed by atoms with Crippen LogP contribution >= 0.6 is 0 Å². The highest BCUT2D eigenvalue weighted by atomic mass is 16.5. The first-order valence-electron chi connectivity index (χ1n) is 8.75. The van der Waals surface area contributed by atoms with Gasteiger partial charge in [-0.25, -0.2) is 0 Å². The fourth-order valence-electron chi connectivity index (χ4n) is 3.08. The van der Waals surface area contributed by atoms with Gasteiger partial charge in [-0.3, -0.25) is 4.79 Å². The van der Waals surface area contributed by atoms with E-state index in [9.17, 15) is 4.79 Å². The Morgan fingerprint density at radius 1 is 1.25 bits per heavy atom. The Balaban J connectivity index is 1.57. The molecule has 1 amide bonds. The number of furan rings is 1. The van der Waals surface area contributed by atoms with Gasteiger partial charge in [-0.15, -0.1) is 0 Å². The van der Waals surface area contributed by atoms with Gasteiger partial charge in [-0.2, -0.15) is 0 Å². The van der Waals surface area contributed by atoms with Crippen molar-refractivity contribution < 1.29 is 13.9 Å². The van der Waals surface area contributed by atoms with Gasteiger partial charge in [0.25, 0.3) is 5.91 Å². The molecule has 0 spiro atoms. The summed E-state index contributed by atoms with van der Waals surface area (Å²) in [5, 5.41) is 0. The van der Waals surface area contributed by atoms with Gasteiger partial charge >= 0.3 is 0 Å². The van der Waals surface area contributed by atoms with E-state index in [1.165, 1.54) is 12.0 Å². The highest BCUT2D eigenvalue weighted by Crippen LogP contribution is 2.20. The van der Waals surface area contributed by atoms with Crippen molar-refractivity contribution in [1.29, 1.82) is 0 Å². The number of hydrogen-bond donors (Lipinski definition) is 0. The third-order valence-electron chi connectivity index (χ3n) is 4.53. The van der Waals surface area contributed by atoms with E-state index in [-0.39, 0.29) is 5.91 Å². The fraction of sp³-hybridized carbons (Fsp3) is 0.450. The minimum absolute atomic E-state index is 0.0138. The standard InChI is InChI=1S/C20H25NO3/c1-3-16-6-8-17(9-7-16)23-14-18-10-11-19(24-18)20(22)21-12-4-5-15(2)13-21/h6-11,15H,3-5,12-14H2,1-2H3/t15-/m1/s1. The molecule has 3 rings (SSSR count). The van der Waals surface area contributed by atoms with Gasteiger partial charge < -0.3 is 14.1 Å². The van der Waals surface area contributed by atoms with Gasteiger partial charge in [0, 0.05) is 13.1 Å². The second-order valence-corrected chi connectivity index (χ2v) is 6.55. The molecule has 2 heterocycles. The maximum absolute atomic E-state index is 12.5. The van der Waals surface area contributed by atoms with Crippen LogP contribution in [-0.2, 0) is 13.0 Å². The van der Waals surface area contributed by atoms with E-state index in [0.29, 0.717) is 24.0 Å². The maximum Gasteiger partial charge on any atom is 0.289 e. The van der Waals surface area contributed by atoms with Crippen molar-refractivity contribution >= 4 is 5.91 Å². The molecule has 4 heteroatoms. The number of piperidine rings is 1. The Hall–Kier alpha value is -2.23. The Kier molecular flexibility index (Phi) is 5.24. The zero-order valence-corrected chi connectivity index (χ0v) is 14.5. The van der Waals surface area contributed by atoms with Crippen LogP contribution in [0.25, 0.3) is 0 Å². The summed E-state index contributed by atoms with van der Waals surface area (Å²) < 4.78 is 11.4. The molecular weight excluding hydrogens is 302 g/mol. The predicted octanol–water partition coefficient (Wildman–Crippen LogP) is 4.29. The molecule has 1 aliphatic rings. The third-order valence-corrected chi connectivity index (χ3v) is 4.53. The van der Waals surface area contributed by atoms with E-state index >= 15 is 0 Å². The van der Waals surface area contributed by atoms with Crippen molar-refractivity contribution in [3.05, 3.63) is 53.5 Å². The molecule has 1 aliphatic heterocycles. The lowest BCUT2D eigenvalue weighted by molar-refractivity contribution is 0.0647. The Morgan fingerprint density at radius 3 is 2.75 bits per heavy atom. The number of carbonyl (C=O) groups is 1. The average Bonchev–Trinajstić information content (AvgIpc) is 3.09. The zero-order chi connectivity index (χ0) is 16.9. The molecule has 128 valence electrons. The normalized spacial score (nSPS) is 17.8. The molecule has 1 saturated heterocycles. The summed E-state index contributed by atoms with van der Waals surface area (Å²) in [5.74, 6) is 2.43. The van der Waals surface area contributed by atoms with Gasteiger partial charge in [0.15, 0.2) is 5.76 Å². The first kappa shape index (κ1) is 16.6. The first-order chi connectivity index (χ1) is 11.7. The van der Waals surface area contributed by atoms with Crippen LogP contribution in [0.4, 0.5) is 0 Å². The number of nitrogens with zero attached hydrogens (tertiary/aromatic N) is 1. The summed E-state index contributed by atoms with van der Waals surface area (Å²) in [4.78, 5) is 14.4. The van der Waals surface area contributed by atoms with E-state index in [4.69, 9.17) is 9.15 Å². The van der Waals surface area contributed by atoms with E-state index < -0.39 is 0 Å². The van der Waals surface area contributed by atoms with Gasteiger partial charge in [0.2, 0.25) is 0 Å². The van der Waals surface area contributed by atoms with Crippen LogP contribution in [0.15, 0.2) is 40.8 Å². The summed E-state index contributed by atoms with van der Waals surface area (Å²) in [7, 11) is 0. The van der Waals surface area contributed by atoms with Crippen molar-refractivity contribution in [3.8, 4) is 5.75 Å². The second-order valence-electron chi connectivity index (χ2n) is 6.55. The highest BCUT2D eigenvalue weighted by molar-refractivity contribution is 5.91. The SMILES string of the molecule is CCc1ccc(OCc2ccc(C(=O)N3CCC[C@@H](C)C3)o2)cc1. The predicted molar refractivity (Wildman–Crippen MR) is 93.2 cm³/mol. The molecule has 1 atom stereocenters. The Labute approximate surface area is 143 Å². The van der Waals surface area contributed by atoms with Crippen molar-refractivity contribution in [3.63, 3.8) is 0 Å². The average molecular weight is 327 g/mol. The van der Waals surface area contributed by atoms with Crippen LogP contribution in [0, 0.1) is 5.92 Å². The van der Waals surface area contributed by atoms with Gasteiger partial charge in [-0.05, 0) is 55.0 Å². The number of likely N-dealkylation sites (tertiary alicyclic amines) is 1. The highest BCUT2D eigenvalue weighted by Gasteiger charge is 2.24. The van der Waals surface area contributed by atoms with Gasteiger partial charge in [-0.1, -0.05) is 26.0 Å². The lowest BCUT2D eigenvalue weighted by atomic mass is 10.0. The quantitative estimate of drug-likeness (QED) is 0.822. The molecule has 4 nitrogen and oxygen atoms in total. The lowest BCUT2D eigenvalue weighted by Gasteiger charge is -2.30. The van der Waals surface area contributed by atoms with Crippen LogP contribution in [0.2, 0.25) is 0 Å². The van der Waals surface area contributed by atoms with Crippen LogP contribution in [0.1, 0.15) is 48.6 Å². The number of rotatable bonds is 5. The van der Waals surface area contributed by atoms with Crippen molar-refractivity contribution in [2.45, 2.75) is 39.7 Å². The second kappa shape index (κ2) is 7.56. The largest absolute Gasteiger partial charge is 0.486 e. The summed E-state index contributed by atoms with van der Waals surface area (Å²) in [6.45, 7) is 6.27. The smallest absolute Gasteiger partial charge is 0.289 e. The van der Waals surface area contributed by atoms with Crippen molar-refractivity contribution in [1.82, 2.24) is 4.90 Å². The first-order valence-corrected chi connectivity index (χ1v) is 8.75. The molecular formula is C20H25NO3. The van der Waals surface area contributed by atoms with Crippen LogP contribution in [-0.4, -0.2) is 23.9 Å². The molecule has 2 aromatic rings. The molecule has 1 aromatic carbocycles. The molecule has 0 aliphatic carbocycles. The van der Waals surface area contributed by atoms with Crippen molar-refractivity contribution in [2.24, 2.45) is 5.92 Å². The van der Waals surface area contributed by atoms with Crippen LogP contribution < -0.4 is 4.74 Å². The minimum Gasteiger partial charge on any atom is -0.486 e. The summed E-state index contributed by atoms with van der Waals surface area (Å²) in [6.07, 6.45) is 3.27. The zero-order valence-electron chi connectivity index (χ0n) is 14.5. The molecule has 24 heavy (non-hydrogen) atoms. The number of carbonyl (C=O) groups excluding carboxylic acids is 1. The number of ether oxygens (including phenoxy) is 1. The summed E-state index contributed by atoms with van der Waals surface area (Å²) >= 11 is 0. The summed E-state index contributed by atoms with van der Waals surface area (Å²) in [5.41, 5.74) is 1.28. The number of amides is 1. The molecule has 0 saturated carbocycles. The summed E-state index contributed by atoms with van der Waals surface area (Å²) in [6, 6.07) is 11.6. The monoisotopic (exact) mass is 327 g/mol. The van der Waals surface area contributed by atoms with Crippen LogP contribution in [0.3, 0.4) is 0 Å². The third kappa shape index (κ3) is 3.99. The van der Waals surface area contributed by atoms with Gasteiger partial charge in [0.05, 0.1) is 0 Å². The van der Waals surface area contributed by atoms with E-state index in [0.717, 1.165) is 31.7 Å². The number of benzene rings is 1. The van der Waals surface area contributed by atoms with Gasteiger partial charge in [0.1, 0.15) is 18.1 Å². The molecule has 0 unspecified atom stereocenters.